The number of hydrogen-bond donors (Lipinski definition) is 1. The number of amides is 1. The molecule has 0 fully saturated rings. The van der Waals surface area contributed by atoms with E-state index in [-0.39, 0.29) is 23.6 Å². The molecule has 12 heteroatoms. The zero-order valence-corrected chi connectivity index (χ0v) is 16.8. The summed E-state index contributed by atoms with van der Waals surface area (Å²) >= 11 is 0. The molecule has 31 heavy (non-hydrogen) atoms. The van der Waals surface area contributed by atoms with Gasteiger partial charge in [-0.05, 0) is 38.5 Å². The maximum Gasteiger partial charge on any atom is 0.416 e. The normalized spacial score (nSPS) is 12.6. The van der Waals surface area contributed by atoms with Gasteiger partial charge in [0.2, 0.25) is 5.91 Å². The Kier molecular flexibility index (Phi) is 5.82. The molecule has 0 spiro atoms. The van der Waals surface area contributed by atoms with Crippen LogP contribution in [0.1, 0.15) is 35.5 Å². The van der Waals surface area contributed by atoms with Crippen molar-refractivity contribution in [1.29, 1.82) is 0 Å². The first-order chi connectivity index (χ1) is 14.5. The van der Waals surface area contributed by atoms with Gasteiger partial charge in [0.05, 0.1) is 28.9 Å². The molecule has 0 bridgehead atoms. The smallest absolute Gasteiger partial charge is 0.322 e. The Balaban J connectivity index is 1.71. The van der Waals surface area contributed by atoms with Crippen molar-refractivity contribution in [2.24, 2.45) is 0 Å². The van der Waals surface area contributed by atoms with E-state index in [4.69, 9.17) is 0 Å². The van der Waals surface area contributed by atoms with Crippen LogP contribution in [0.2, 0.25) is 0 Å². The van der Waals surface area contributed by atoms with Crippen molar-refractivity contribution in [2.45, 2.75) is 39.5 Å². The quantitative estimate of drug-likeness (QED) is 0.466. The second-order valence-corrected chi connectivity index (χ2v) is 7.01. The van der Waals surface area contributed by atoms with E-state index in [9.17, 15) is 28.1 Å². The molecule has 9 nitrogen and oxygen atoms in total. The predicted molar refractivity (Wildman–Crippen MR) is 104 cm³/mol. The molecular weight excluding hydrogens is 417 g/mol. The van der Waals surface area contributed by atoms with Gasteiger partial charge in [0, 0.05) is 6.20 Å². The molecule has 0 radical (unpaired) electrons. The maximum atomic E-state index is 12.9. The minimum absolute atomic E-state index is 0.0823. The maximum absolute atomic E-state index is 12.9. The van der Waals surface area contributed by atoms with Crippen molar-refractivity contribution in [1.82, 2.24) is 19.6 Å². The number of carbonyl (C=O) groups excluding carboxylic acids is 1. The molecule has 1 atom stereocenters. The number of carbonyl (C=O) groups is 1. The standard InChI is InChI=1S/C19H19F3N6O3/c1-11-17(28(30)31)12(2)27(25-11)13(3)18(29)24-16-8-23-26(10-16)9-14-5-4-6-15(7-14)19(20,21)22/h4-8,10,13H,9H2,1-3H3,(H,24,29). The minimum Gasteiger partial charge on any atom is -0.322 e. The number of aromatic nitrogens is 4. The summed E-state index contributed by atoms with van der Waals surface area (Å²) < 4.78 is 41.2. The second-order valence-electron chi connectivity index (χ2n) is 7.01. The highest BCUT2D eigenvalue weighted by Gasteiger charge is 2.30. The summed E-state index contributed by atoms with van der Waals surface area (Å²) in [7, 11) is 0. The van der Waals surface area contributed by atoms with E-state index < -0.39 is 28.6 Å². The number of nitrogens with one attached hydrogen (secondary N) is 1. The number of hydrogen-bond acceptors (Lipinski definition) is 5. The number of aryl methyl sites for hydroxylation is 1. The first kappa shape index (κ1) is 22.0. The fourth-order valence-electron chi connectivity index (χ4n) is 3.20. The first-order valence-electron chi connectivity index (χ1n) is 9.17. The number of alkyl halides is 3. The van der Waals surface area contributed by atoms with Crippen molar-refractivity contribution >= 4 is 17.3 Å². The number of benzene rings is 1. The molecule has 164 valence electrons. The van der Waals surface area contributed by atoms with Gasteiger partial charge >= 0.3 is 11.9 Å². The largest absolute Gasteiger partial charge is 0.416 e. The fraction of sp³-hybridized carbons (Fsp3) is 0.316. The van der Waals surface area contributed by atoms with Crippen LogP contribution in [0.25, 0.3) is 0 Å². The SMILES string of the molecule is Cc1nn(C(C)C(=O)Nc2cnn(Cc3cccc(C(F)(F)F)c3)c2)c(C)c1[N+](=O)[O-]. The summed E-state index contributed by atoms with van der Waals surface area (Å²) in [4.78, 5) is 23.2. The van der Waals surface area contributed by atoms with E-state index in [1.165, 1.54) is 41.7 Å². The van der Waals surface area contributed by atoms with Gasteiger partial charge in [-0.25, -0.2) is 0 Å². The van der Waals surface area contributed by atoms with E-state index in [2.05, 4.69) is 15.5 Å². The summed E-state index contributed by atoms with van der Waals surface area (Å²) in [5, 5.41) is 21.9. The summed E-state index contributed by atoms with van der Waals surface area (Å²) in [6.45, 7) is 4.63. The highest BCUT2D eigenvalue weighted by molar-refractivity contribution is 5.93. The molecule has 3 rings (SSSR count). The van der Waals surface area contributed by atoms with Crippen molar-refractivity contribution in [3.8, 4) is 0 Å². The van der Waals surface area contributed by atoms with Gasteiger partial charge in [0.25, 0.3) is 0 Å². The molecule has 3 aromatic rings. The van der Waals surface area contributed by atoms with Crippen molar-refractivity contribution in [3.05, 3.63) is 69.3 Å². The van der Waals surface area contributed by atoms with Gasteiger partial charge in [-0.3, -0.25) is 24.3 Å². The van der Waals surface area contributed by atoms with E-state index in [0.717, 1.165) is 12.1 Å². The number of halogens is 3. The highest BCUT2D eigenvalue weighted by atomic mass is 19.4. The van der Waals surface area contributed by atoms with Gasteiger partial charge in [0.15, 0.2) is 0 Å². The Morgan fingerprint density at radius 1 is 1.32 bits per heavy atom. The van der Waals surface area contributed by atoms with Crippen LogP contribution in [-0.2, 0) is 17.5 Å². The van der Waals surface area contributed by atoms with Crippen molar-refractivity contribution < 1.29 is 22.9 Å². The average molecular weight is 436 g/mol. The van der Waals surface area contributed by atoms with E-state index in [0.29, 0.717) is 11.3 Å². The molecule has 2 aromatic heterocycles. The third-order valence-corrected chi connectivity index (χ3v) is 4.72. The molecule has 0 saturated carbocycles. The third kappa shape index (κ3) is 4.73. The molecular formula is C19H19F3N6O3. The molecule has 1 N–H and O–H groups in total. The third-order valence-electron chi connectivity index (χ3n) is 4.72. The summed E-state index contributed by atoms with van der Waals surface area (Å²) in [5.74, 6) is -0.473. The molecule has 1 unspecified atom stereocenters. The first-order valence-corrected chi connectivity index (χ1v) is 9.17. The van der Waals surface area contributed by atoms with Crippen molar-refractivity contribution in [2.75, 3.05) is 5.32 Å². The van der Waals surface area contributed by atoms with E-state index in [1.807, 2.05) is 0 Å². The monoisotopic (exact) mass is 436 g/mol. The van der Waals surface area contributed by atoms with Gasteiger partial charge in [-0.15, -0.1) is 0 Å². The topological polar surface area (TPSA) is 108 Å². The summed E-state index contributed by atoms with van der Waals surface area (Å²) in [6.07, 6.45) is -1.59. The Hall–Kier alpha value is -3.70. The van der Waals surface area contributed by atoms with Crippen LogP contribution in [0.4, 0.5) is 24.5 Å². The lowest BCUT2D eigenvalue weighted by atomic mass is 10.1. The summed E-state index contributed by atoms with van der Waals surface area (Å²) in [6, 6.07) is 4.06. The molecule has 0 saturated heterocycles. The fourth-order valence-corrected chi connectivity index (χ4v) is 3.20. The molecule has 1 aromatic carbocycles. The molecule has 2 heterocycles. The Bertz CT molecular complexity index is 1140. The van der Waals surface area contributed by atoms with Crippen LogP contribution in [0.3, 0.4) is 0 Å². The van der Waals surface area contributed by atoms with Crippen LogP contribution >= 0.6 is 0 Å². The summed E-state index contributed by atoms with van der Waals surface area (Å²) in [5.41, 5.74) is 0.299. The number of nitrogens with zero attached hydrogens (tertiary/aromatic N) is 5. The van der Waals surface area contributed by atoms with E-state index in [1.54, 1.807) is 13.0 Å². The van der Waals surface area contributed by atoms with Crippen molar-refractivity contribution in [3.63, 3.8) is 0 Å². The minimum atomic E-state index is -4.44. The lowest BCUT2D eigenvalue weighted by Gasteiger charge is -2.13. The number of nitro groups is 1. The predicted octanol–water partition coefficient (Wildman–Crippen LogP) is 3.87. The van der Waals surface area contributed by atoms with Gasteiger partial charge in [-0.2, -0.15) is 23.4 Å². The lowest BCUT2D eigenvalue weighted by molar-refractivity contribution is -0.386. The Morgan fingerprint density at radius 3 is 2.65 bits per heavy atom. The van der Waals surface area contributed by atoms with Crippen LogP contribution in [0.15, 0.2) is 36.7 Å². The lowest BCUT2D eigenvalue weighted by Crippen LogP contribution is -2.25. The van der Waals surface area contributed by atoms with Crippen LogP contribution in [0, 0.1) is 24.0 Å². The van der Waals surface area contributed by atoms with Crippen LogP contribution in [-0.4, -0.2) is 30.4 Å². The van der Waals surface area contributed by atoms with E-state index >= 15 is 0 Å². The second kappa shape index (κ2) is 8.20. The Labute approximate surface area is 174 Å². The zero-order valence-electron chi connectivity index (χ0n) is 16.8. The molecule has 1 amide bonds. The molecule has 0 aliphatic heterocycles. The molecule has 0 aliphatic rings. The zero-order chi connectivity index (χ0) is 22.9. The van der Waals surface area contributed by atoms with Gasteiger partial charge in [0.1, 0.15) is 17.4 Å². The number of anilines is 1. The molecule has 0 aliphatic carbocycles. The average Bonchev–Trinajstić information content (AvgIpc) is 3.23. The van der Waals surface area contributed by atoms with Crippen LogP contribution < -0.4 is 5.32 Å². The van der Waals surface area contributed by atoms with Crippen LogP contribution in [0.5, 0.6) is 0 Å². The van der Waals surface area contributed by atoms with Gasteiger partial charge < -0.3 is 5.32 Å². The Morgan fingerprint density at radius 2 is 2.03 bits per heavy atom. The highest BCUT2D eigenvalue weighted by Crippen LogP contribution is 2.30. The number of rotatable bonds is 6. The van der Waals surface area contributed by atoms with Gasteiger partial charge in [-0.1, -0.05) is 12.1 Å².